The molecular formula is C16H18N4O2. The molecule has 0 aliphatic heterocycles. The van der Waals surface area contributed by atoms with Crippen molar-refractivity contribution in [2.24, 2.45) is 7.05 Å². The van der Waals surface area contributed by atoms with Gasteiger partial charge in [-0.15, -0.1) is 0 Å². The molecule has 1 aromatic carbocycles. The van der Waals surface area contributed by atoms with E-state index in [9.17, 15) is 9.90 Å². The van der Waals surface area contributed by atoms with Gasteiger partial charge in [0.05, 0.1) is 17.3 Å². The fourth-order valence-electron chi connectivity index (χ4n) is 2.47. The molecule has 0 saturated heterocycles. The molecule has 3 aromatic rings. The molecule has 2 aromatic heterocycles. The summed E-state index contributed by atoms with van der Waals surface area (Å²) in [5, 5.41) is 18.6. The van der Waals surface area contributed by atoms with Gasteiger partial charge >= 0.3 is 5.97 Å². The van der Waals surface area contributed by atoms with Gasteiger partial charge in [0.25, 0.3) is 0 Å². The van der Waals surface area contributed by atoms with Crippen molar-refractivity contribution in [2.45, 2.75) is 26.3 Å². The Morgan fingerprint density at radius 1 is 1.23 bits per heavy atom. The average molecular weight is 298 g/mol. The Kier molecular flexibility index (Phi) is 3.05. The van der Waals surface area contributed by atoms with Gasteiger partial charge < -0.3 is 5.11 Å². The molecule has 6 heteroatoms. The van der Waals surface area contributed by atoms with Gasteiger partial charge in [0, 0.05) is 24.2 Å². The number of carboxylic acid groups (broad SMARTS) is 1. The fourth-order valence-corrected chi connectivity index (χ4v) is 2.47. The van der Waals surface area contributed by atoms with E-state index in [4.69, 9.17) is 0 Å². The molecule has 2 heterocycles. The highest BCUT2D eigenvalue weighted by Gasteiger charge is 2.17. The predicted octanol–water partition coefficient (Wildman–Crippen LogP) is 2.89. The molecule has 0 aliphatic rings. The molecule has 1 N–H and O–H groups in total. The van der Waals surface area contributed by atoms with Crippen molar-refractivity contribution in [3.63, 3.8) is 0 Å². The van der Waals surface area contributed by atoms with E-state index >= 15 is 0 Å². The van der Waals surface area contributed by atoms with Gasteiger partial charge in [-0.1, -0.05) is 6.07 Å². The topological polar surface area (TPSA) is 72.9 Å². The van der Waals surface area contributed by atoms with E-state index in [1.807, 2.05) is 29.2 Å². The molecule has 0 fully saturated rings. The molecule has 0 aliphatic carbocycles. The van der Waals surface area contributed by atoms with Crippen molar-refractivity contribution in [1.29, 1.82) is 0 Å². The summed E-state index contributed by atoms with van der Waals surface area (Å²) in [5.74, 6) is -0.974. The van der Waals surface area contributed by atoms with Crippen LogP contribution in [0.2, 0.25) is 0 Å². The third-order valence-corrected chi connectivity index (χ3v) is 3.64. The Morgan fingerprint density at radius 3 is 2.55 bits per heavy atom. The number of hydrogen-bond acceptors (Lipinski definition) is 3. The highest BCUT2D eigenvalue weighted by atomic mass is 16.4. The summed E-state index contributed by atoms with van der Waals surface area (Å²) in [4.78, 5) is 11.3. The largest absolute Gasteiger partial charge is 0.477 e. The van der Waals surface area contributed by atoms with Crippen LogP contribution in [0.15, 0.2) is 30.6 Å². The van der Waals surface area contributed by atoms with Gasteiger partial charge in [-0.25, -0.2) is 4.79 Å². The van der Waals surface area contributed by atoms with Crippen LogP contribution in [0.3, 0.4) is 0 Å². The van der Waals surface area contributed by atoms with Gasteiger partial charge in [0.15, 0.2) is 5.69 Å². The summed E-state index contributed by atoms with van der Waals surface area (Å²) in [6.07, 6.45) is 3.80. The van der Waals surface area contributed by atoms with E-state index in [1.54, 1.807) is 13.1 Å². The van der Waals surface area contributed by atoms with Crippen molar-refractivity contribution < 1.29 is 9.90 Å². The summed E-state index contributed by atoms with van der Waals surface area (Å²) < 4.78 is 3.31. The molecule has 114 valence electrons. The number of carboxylic acids is 1. The zero-order chi connectivity index (χ0) is 16.1. The summed E-state index contributed by atoms with van der Waals surface area (Å²) in [7, 11) is 1.64. The molecule has 22 heavy (non-hydrogen) atoms. The van der Waals surface area contributed by atoms with Crippen LogP contribution in [-0.4, -0.2) is 30.6 Å². The van der Waals surface area contributed by atoms with Gasteiger partial charge in [-0.3, -0.25) is 9.36 Å². The van der Waals surface area contributed by atoms with Crippen LogP contribution in [0, 0.1) is 0 Å². The Bertz CT molecular complexity index is 868. The quantitative estimate of drug-likeness (QED) is 0.789. The Hall–Kier alpha value is -2.63. The highest BCUT2D eigenvalue weighted by Crippen LogP contribution is 2.27. The van der Waals surface area contributed by atoms with Crippen molar-refractivity contribution in [1.82, 2.24) is 19.6 Å². The van der Waals surface area contributed by atoms with Crippen LogP contribution in [-0.2, 0) is 12.6 Å². The van der Waals surface area contributed by atoms with Crippen molar-refractivity contribution >= 4 is 16.9 Å². The lowest BCUT2D eigenvalue weighted by molar-refractivity contribution is 0.0687. The van der Waals surface area contributed by atoms with Crippen LogP contribution < -0.4 is 0 Å². The summed E-state index contributed by atoms with van der Waals surface area (Å²) in [5.41, 5.74) is 2.74. The van der Waals surface area contributed by atoms with Crippen LogP contribution in [0.5, 0.6) is 0 Å². The van der Waals surface area contributed by atoms with Crippen molar-refractivity contribution in [3.05, 3.63) is 36.3 Å². The number of hydrogen-bond donors (Lipinski definition) is 1. The lowest BCUT2D eigenvalue weighted by atomic mass is 10.1. The van der Waals surface area contributed by atoms with Crippen LogP contribution in [0.4, 0.5) is 0 Å². The van der Waals surface area contributed by atoms with Gasteiger partial charge in [-0.05, 0) is 38.5 Å². The molecular weight excluding hydrogens is 280 g/mol. The van der Waals surface area contributed by atoms with E-state index < -0.39 is 5.97 Å². The van der Waals surface area contributed by atoms with Crippen LogP contribution in [0.25, 0.3) is 22.0 Å². The number of benzene rings is 1. The van der Waals surface area contributed by atoms with E-state index in [0.717, 1.165) is 11.1 Å². The molecule has 0 radical (unpaired) electrons. The first-order valence-corrected chi connectivity index (χ1v) is 7.03. The van der Waals surface area contributed by atoms with Crippen molar-refractivity contribution in [3.8, 4) is 11.1 Å². The van der Waals surface area contributed by atoms with Crippen LogP contribution in [0.1, 0.15) is 31.3 Å². The van der Waals surface area contributed by atoms with E-state index in [0.29, 0.717) is 10.9 Å². The minimum absolute atomic E-state index is 0.0795. The minimum Gasteiger partial charge on any atom is -0.477 e. The maximum Gasteiger partial charge on any atom is 0.354 e. The van der Waals surface area contributed by atoms with Gasteiger partial charge in [-0.2, -0.15) is 10.2 Å². The number of carbonyl (C=O) groups is 1. The highest BCUT2D eigenvalue weighted by molar-refractivity contribution is 6.02. The summed E-state index contributed by atoms with van der Waals surface area (Å²) in [6, 6.07) is 5.60. The van der Waals surface area contributed by atoms with Gasteiger partial charge in [0.2, 0.25) is 0 Å². The Balaban J connectivity index is 2.10. The number of aromatic nitrogens is 4. The second kappa shape index (κ2) is 4.69. The van der Waals surface area contributed by atoms with Crippen molar-refractivity contribution in [2.75, 3.05) is 0 Å². The second-order valence-electron chi connectivity index (χ2n) is 6.35. The fraction of sp³-hybridized carbons (Fsp3) is 0.312. The summed E-state index contributed by atoms with van der Waals surface area (Å²) >= 11 is 0. The van der Waals surface area contributed by atoms with E-state index in [2.05, 4.69) is 31.0 Å². The minimum atomic E-state index is -0.974. The molecule has 0 amide bonds. The SMILES string of the molecule is Cn1nc2cc(-c3cnn(C(C)(C)C)c3)ccc2c1C(=O)O. The first-order chi connectivity index (χ1) is 10.3. The normalized spacial score (nSPS) is 12.0. The van der Waals surface area contributed by atoms with E-state index in [-0.39, 0.29) is 11.2 Å². The predicted molar refractivity (Wildman–Crippen MR) is 83.9 cm³/mol. The Morgan fingerprint density at radius 2 is 1.95 bits per heavy atom. The second-order valence-corrected chi connectivity index (χ2v) is 6.35. The molecule has 0 spiro atoms. The zero-order valence-electron chi connectivity index (χ0n) is 13.0. The molecule has 0 unspecified atom stereocenters. The maximum atomic E-state index is 11.3. The third-order valence-electron chi connectivity index (χ3n) is 3.64. The standard InChI is InChI=1S/C16H18N4O2/c1-16(2,3)20-9-11(8-17-20)10-5-6-12-13(7-10)18-19(4)14(12)15(21)22/h5-9H,1-4H3,(H,21,22). The first kappa shape index (κ1) is 14.3. The lowest BCUT2D eigenvalue weighted by Gasteiger charge is -2.18. The third kappa shape index (κ3) is 2.26. The molecule has 0 bridgehead atoms. The molecule has 6 nitrogen and oxygen atoms in total. The number of aromatic carboxylic acids is 1. The maximum absolute atomic E-state index is 11.3. The monoisotopic (exact) mass is 298 g/mol. The Labute approximate surface area is 128 Å². The average Bonchev–Trinajstić information content (AvgIpc) is 2.99. The molecule has 0 saturated carbocycles. The molecule has 3 rings (SSSR count). The molecule has 0 atom stereocenters. The number of rotatable bonds is 2. The number of fused-ring (bicyclic) bond motifs is 1. The van der Waals surface area contributed by atoms with Crippen LogP contribution >= 0.6 is 0 Å². The van der Waals surface area contributed by atoms with E-state index in [1.165, 1.54) is 4.68 Å². The zero-order valence-corrected chi connectivity index (χ0v) is 13.0. The number of nitrogens with zero attached hydrogens (tertiary/aromatic N) is 4. The smallest absolute Gasteiger partial charge is 0.354 e. The number of aryl methyl sites for hydroxylation is 1. The summed E-state index contributed by atoms with van der Waals surface area (Å²) in [6.45, 7) is 6.26. The van der Waals surface area contributed by atoms with Gasteiger partial charge in [0.1, 0.15) is 0 Å². The first-order valence-electron chi connectivity index (χ1n) is 7.03. The lowest BCUT2D eigenvalue weighted by Crippen LogP contribution is -2.21.